The third-order valence-corrected chi connectivity index (χ3v) is 5.94. The lowest BCUT2D eigenvalue weighted by Crippen LogP contribution is -2.35. The third kappa shape index (κ3) is 5.87. The minimum Gasteiger partial charge on any atom is -0.332 e. The van der Waals surface area contributed by atoms with E-state index in [1.165, 1.54) is 6.42 Å². The van der Waals surface area contributed by atoms with Gasteiger partial charge in [0.25, 0.3) is 5.91 Å². The van der Waals surface area contributed by atoms with Crippen LogP contribution in [0.3, 0.4) is 0 Å². The molecule has 0 atom stereocenters. The highest BCUT2D eigenvalue weighted by Crippen LogP contribution is 2.39. The Morgan fingerprint density at radius 1 is 1.16 bits per heavy atom. The number of carbonyl (C=O) groups is 1. The highest BCUT2D eigenvalue weighted by atomic mass is 35.5. The zero-order valence-electron chi connectivity index (χ0n) is 16.6. The second-order valence-corrected chi connectivity index (χ2v) is 8.73. The maximum Gasteiger partial charge on any atom is 0.417 e. The van der Waals surface area contributed by atoms with Crippen LogP contribution in [-0.4, -0.2) is 16.0 Å². The molecule has 2 N–H and O–H groups in total. The lowest BCUT2D eigenvalue weighted by Gasteiger charge is -2.26. The molecule has 0 bridgehead atoms. The average molecular weight is 490 g/mol. The highest BCUT2D eigenvalue weighted by Gasteiger charge is 2.32. The van der Waals surface area contributed by atoms with Crippen molar-refractivity contribution in [2.75, 3.05) is 5.32 Å². The van der Waals surface area contributed by atoms with Crippen LogP contribution in [0.1, 0.15) is 65.2 Å². The molecular formula is C21H20Cl2F3N3OS. The molecule has 1 aliphatic carbocycles. The molecule has 0 radical (unpaired) electrons. The van der Waals surface area contributed by atoms with Gasteiger partial charge in [0.15, 0.2) is 5.11 Å². The Labute approximate surface area is 193 Å². The number of rotatable bonds is 3. The fourth-order valence-corrected chi connectivity index (χ4v) is 4.47. The number of thiocarbonyl (C=S) groups is 1. The summed E-state index contributed by atoms with van der Waals surface area (Å²) < 4.78 is 38.3. The summed E-state index contributed by atoms with van der Waals surface area (Å²) in [6, 6.07) is 4.37. The van der Waals surface area contributed by atoms with Gasteiger partial charge >= 0.3 is 6.18 Å². The maximum atomic E-state index is 12.8. The van der Waals surface area contributed by atoms with Crippen LogP contribution in [0.15, 0.2) is 24.4 Å². The van der Waals surface area contributed by atoms with Crippen LogP contribution in [0.2, 0.25) is 10.0 Å². The standard InChI is InChI=1S/C21H20Cl2F3N3OS/c1-11-7-14(22)9-15(12-5-3-2-4-6-12)17(11)28-20(31)29-19(30)18-16(23)8-13(10-27-18)21(24,25)26/h7-10,12H,2-6H2,1H3,(H2,28,29,30,31). The smallest absolute Gasteiger partial charge is 0.332 e. The summed E-state index contributed by atoms with van der Waals surface area (Å²) in [5, 5.41) is 5.68. The first-order valence-corrected chi connectivity index (χ1v) is 10.9. The molecule has 2 aromatic rings. The van der Waals surface area contributed by atoms with Crippen LogP contribution in [0.5, 0.6) is 0 Å². The first kappa shape index (κ1) is 23.8. The number of alkyl halides is 3. The molecular weight excluding hydrogens is 470 g/mol. The van der Waals surface area contributed by atoms with E-state index in [1.807, 2.05) is 13.0 Å². The van der Waals surface area contributed by atoms with Gasteiger partial charge in [-0.3, -0.25) is 10.1 Å². The van der Waals surface area contributed by atoms with Crippen molar-refractivity contribution in [3.05, 3.63) is 56.8 Å². The molecule has 1 aromatic heterocycles. The van der Waals surface area contributed by atoms with Crippen molar-refractivity contribution in [2.24, 2.45) is 0 Å². The van der Waals surface area contributed by atoms with E-state index < -0.39 is 22.7 Å². The molecule has 0 aliphatic heterocycles. The molecule has 0 unspecified atom stereocenters. The van der Waals surface area contributed by atoms with E-state index in [2.05, 4.69) is 15.6 Å². The number of aryl methyl sites for hydroxylation is 1. The maximum absolute atomic E-state index is 12.8. The molecule has 1 aromatic carbocycles. The molecule has 1 amide bonds. The number of hydrogen-bond acceptors (Lipinski definition) is 3. The Bertz CT molecular complexity index is 1010. The van der Waals surface area contributed by atoms with E-state index in [0.717, 1.165) is 42.5 Å². The van der Waals surface area contributed by atoms with Gasteiger partial charge in [-0.15, -0.1) is 0 Å². The van der Waals surface area contributed by atoms with Crippen LogP contribution in [-0.2, 0) is 6.18 Å². The largest absolute Gasteiger partial charge is 0.417 e. The van der Waals surface area contributed by atoms with Gasteiger partial charge in [-0.2, -0.15) is 13.2 Å². The number of nitrogens with zero attached hydrogens (tertiary/aromatic N) is 1. The Hall–Kier alpha value is -1.90. The third-order valence-electron chi connectivity index (χ3n) is 5.22. The average Bonchev–Trinajstić information content (AvgIpc) is 2.69. The molecule has 1 heterocycles. The van der Waals surface area contributed by atoms with Crippen molar-refractivity contribution in [3.63, 3.8) is 0 Å². The molecule has 1 aliphatic rings. The van der Waals surface area contributed by atoms with Crippen molar-refractivity contribution in [1.82, 2.24) is 10.3 Å². The van der Waals surface area contributed by atoms with Crippen molar-refractivity contribution in [1.29, 1.82) is 0 Å². The van der Waals surface area contributed by atoms with Crippen LogP contribution < -0.4 is 10.6 Å². The summed E-state index contributed by atoms with van der Waals surface area (Å²) in [4.78, 5) is 16.0. The van der Waals surface area contributed by atoms with E-state index in [4.69, 9.17) is 35.4 Å². The van der Waals surface area contributed by atoms with Gasteiger partial charge in [0.2, 0.25) is 0 Å². The fourth-order valence-electron chi connectivity index (χ4n) is 3.74. The van der Waals surface area contributed by atoms with Crippen molar-refractivity contribution in [3.8, 4) is 0 Å². The fraction of sp³-hybridized carbons (Fsp3) is 0.381. The van der Waals surface area contributed by atoms with Gasteiger partial charge in [0, 0.05) is 16.9 Å². The zero-order chi connectivity index (χ0) is 22.8. The quantitative estimate of drug-likeness (QED) is 0.460. The molecule has 1 saturated carbocycles. The normalized spacial score (nSPS) is 14.9. The summed E-state index contributed by atoms with van der Waals surface area (Å²) in [5.41, 5.74) is 1.29. The first-order chi connectivity index (χ1) is 14.6. The van der Waals surface area contributed by atoms with E-state index in [1.54, 1.807) is 6.07 Å². The van der Waals surface area contributed by atoms with Gasteiger partial charge in [-0.1, -0.05) is 42.5 Å². The zero-order valence-corrected chi connectivity index (χ0v) is 18.9. The van der Waals surface area contributed by atoms with Crippen LogP contribution in [0.25, 0.3) is 0 Å². The molecule has 31 heavy (non-hydrogen) atoms. The van der Waals surface area contributed by atoms with E-state index >= 15 is 0 Å². The Kier molecular flexibility index (Phi) is 7.44. The minimum atomic E-state index is -4.61. The van der Waals surface area contributed by atoms with Crippen LogP contribution in [0.4, 0.5) is 18.9 Å². The summed E-state index contributed by atoms with van der Waals surface area (Å²) >= 11 is 17.4. The van der Waals surface area contributed by atoms with Crippen molar-refractivity contribution < 1.29 is 18.0 Å². The van der Waals surface area contributed by atoms with Gasteiger partial charge < -0.3 is 5.32 Å². The topological polar surface area (TPSA) is 54.0 Å². The molecule has 0 spiro atoms. The second kappa shape index (κ2) is 9.71. The highest BCUT2D eigenvalue weighted by molar-refractivity contribution is 7.80. The van der Waals surface area contributed by atoms with Gasteiger partial charge in [0.1, 0.15) is 5.69 Å². The number of amides is 1. The van der Waals surface area contributed by atoms with Crippen LogP contribution >= 0.6 is 35.4 Å². The van der Waals surface area contributed by atoms with Crippen LogP contribution in [0, 0.1) is 6.92 Å². The van der Waals surface area contributed by atoms with E-state index in [9.17, 15) is 18.0 Å². The summed E-state index contributed by atoms with van der Waals surface area (Å²) in [6.07, 6.45) is 1.50. The lowest BCUT2D eigenvalue weighted by atomic mass is 9.82. The van der Waals surface area contributed by atoms with Crippen molar-refractivity contribution >= 4 is 52.1 Å². The lowest BCUT2D eigenvalue weighted by molar-refractivity contribution is -0.137. The Balaban J connectivity index is 1.77. The Morgan fingerprint density at radius 3 is 2.45 bits per heavy atom. The molecule has 10 heteroatoms. The molecule has 0 saturated heterocycles. The summed E-state index contributed by atoms with van der Waals surface area (Å²) in [7, 11) is 0. The van der Waals surface area contributed by atoms with Gasteiger partial charge in [-0.05, 0) is 67.2 Å². The number of hydrogen-bond donors (Lipinski definition) is 2. The molecule has 4 nitrogen and oxygen atoms in total. The first-order valence-electron chi connectivity index (χ1n) is 9.71. The predicted octanol–water partition coefficient (Wildman–Crippen LogP) is 6.89. The number of anilines is 1. The molecule has 1 fully saturated rings. The molecule has 166 valence electrons. The monoisotopic (exact) mass is 489 g/mol. The minimum absolute atomic E-state index is 0.00903. The van der Waals surface area contributed by atoms with Gasteiger partial charge in [-0.25, -0.2) is 4.98 Å². The summed E-state index contributed by atoms with van der Waals surface area (Å²) in [5.74, 6) is -0.472. The number of nitrogens with one attached hydrogen (secondary N) is 2. The second-order valence-electron chi connectivity index (χ2n) is 7.48. The SMILES string of the molecule is Cc1cc(Cl)cc(C2CCCCC2)c1NC(=S)NC(=O)c1ncc(C(F)(F)F)cc1Cl. The van der Waals surface area contributed by atoms with E-state index in [-0.39, 0.29) is 10.8 Å². The number of benzene rings is 1. The van der Waals surface area contributed by atoms with Gasteiger partial charge in [0.05, 0.1) is 10.6 Å². The summed E-state index contributed by atoms with van der Waals surface area (Å²) in [6.45, 7) is 1.89. The predicted molar refractivity (Wildman–Crippen MR) is 120 cm³/mol. The van der Waals surface area contributed by atoms with E-state index in [0.29, 0.717) is 23.2 Å². The number of pyridine rings is 1. The number of aromatic nitrogens is 1. The molecule has 3 rings (SSSR count). The number of halogens is 5. The Morgan fingerprint density at radius 2 is 1.84 bits per heavy atom. The van der Waals surface area contributed by atoms with Crippen molar-refractivity contribution in [2.45, 2.75) is 51.1 Å². The number of carbonyl (C=O) groups excluding carboxylic acids is 1.